The van der Waals surface area contributed by atoms with Crippen LogP contribution in [0.5, 0.6) is 0 Å². The fraction of sp³-hybridized carbons (Fsp3) is 0.308. The van der Waals surface area contributed by atoms with Crippen LogP contribution < -0.4 is 5.32 Å². The third-order valence-electron chi connectivity index (χ3n) is 2.99. The lowest BCUT2D eigenvalue weighted by Crippen LogP contribution is -2.40. The number of aromatic nitrogens is 1. The van der Waals surface area contributed by atoms with Crippen LogP contribution in [0.15, 0.2) is 29.6 Å². The zero-order valence-corrected chi connectivity index (χ0v) is 10.1. The summed E-state index contributed by atoms with van der Waals surface area (Å²) in [6.45, 7) is 4.28. The van der Waals surface area contributed by atoms with Gasteiger partial charge in [0, 0.05) is 30.0 Å². The summed E-state index contributed by atoms with van der Waals surface area (Å²) >= 11 is 1.75. The topological polar surface area (TPSA) is 24.9 Å². The fourth-order valence-electron chi connectivity index (χ4n) is 1.88. The first-order valence-corrected chi connectivity index (χ1v) is 6.44. The molecule has 1 N–H and O–H groups in total. The number of thiazole rings is 1. The SMILES string of the molecule is Cc1cccc(-c2nc(C3CNC3)cs2)c1. The Labute approximate surface area is 99.4 Å². The predicted molar refractivity (Wildman–Crippen MR) is 67.9 cm³/mol. The van der Waals surface area contributed by atoms with E-state index in [1.165, 1.54) is 16.8 Å². The molecule has 2 heterocycles. The van der Waals surface area contributed by atoms with Gasteiger partial charge < -0.3 is 5.32 Å². The smallest absolute Gasteiger partial charge is 0.123 e. The summed E-state index contributed by atoms with van der Waals surface area (Å²) in [5.41, 5.74) is 3.78. The molecule has 82 valence electrons. The Kier molecular flexibility index (Phi) is 2.50. The van der Waals surface area contributed by atoms with Crippen LogP contribution in [0.3, 0.4) is 0 Å². The highest BCUT2D eigenvalue weighted by Gasteiger charge is 2.21. The first kappa shape index (κ1) is 10.00. The van der Waals surface area contributed by atoms with E-state index < -0.39 is 0 Å². The van der Waals surface area contributed by atoms with E-state index >= 15 is 0 Å². The standard InChI is InChI=1S/C13H14N2S/c1-9-3-2-4-10(5-9)13-15-12(8-16-13)11-6-14-7-11/h2-5,8,11,14H,6-7H2,1H3. The number of nitrogens with one attached hydrogen (secondary N) is 1. The van der Waals surface area contributed by atoms with Crippen molar-refractivity contribution in [2.24, 2.45) is 0 Å². The van der Waals surface area contributed by atoms with Gasteiger partial charge in [-0.05, 0) is 13.0 Å². The summed E-state index contributed by atoms with van der Waals surface area (Å²) in [5.74, 6) is 0.634. The average Bonchev–Trinajstić information content (AvgIpc) is 2.64. The van der Waals surface area contributed by atoms with Crippen LogP contribution in [-0.2, 0) is 0 Å². The summed E-state index contributed by atoms with van der Waals surface area (Å²) in [7, 11) is 0. The Morgan fingerprint density at radius 1 is 1.38 bits per heavy atom. The molecule has 2 aromatic rings. The van der Waals surface area contributed by atoms with Crippen LogP contribution in [0.4, 0.5) is 0 Å². The van der Waals surface area contributed by atoms with Gasteiger partial charge in [0.05, 0.1) is 5.69 Å². The van der Waals surface area contributed by atoms with Crippen molar-refractivity contribution in [1.29, 1.82) is 0 Å². The van der Waals surface area contributed by atoms with Crippen molar-refractivity contribution in [3.8, 4) is 10.6 Å². The molecule has 1 aromatic carbocycles. The first-order chi connectivity index (χ1) is 7.83. The molecule has 1 fully saturated rings. The molecule has 0 atom stereocenters. The maximum atomic E-state index is 4.72. The molecule has 2 nitrogen and oxygen atoms in total. The van der Waals surface area contributed by atoms with Crippen LogP contribution in [0.2, 0.25) is 0 Å². The van der Waals surface area contributed by atoms with Crippen molar-refractivity contribution in [2.45, 2.75) is 12.8 Å². The molecule has 16 heavy (non-hydrogen) atoms. The van der Waals surface area contributed by atoms with E-state index in [0.29, 0.717) is 5.92 Å². The maximum absolute atomic E-state index is 4.72. The van der Waals surface area contributed by atoms with E-state index in [1.54, 1.807) is 11.3 Å². The lowest BCUT2D eigenvalue weighted by molar-refractivity contribution is 0.441. The largest absolute Gasteiger partial charge is 0.315 e. The number of nitrogens with zero attached hydrogens (tertiary/aromatic N) is 1. The van der Waals surface area contributed by atoms with Crippen LogP contribution in [-0.4, -0.2) is 18.1 Å². The molecule has 1 aliphatic rings. The molecule has 1 aromatic heterocycles. The predicted octanol–water partition coefficient (Wildman–Crippen LogP) is 2.81. The zero-order chi connectivity index (χ0) is 11.0. The molecule has 0 spiro atoms. The van der Waals surface area contributed by atoms with Gasteiger partial charge in [-0.25, -0.2) is 4.98 Å². The van der Waals surface area contributed by atoms with Crippen molar-refractivity contribution in [3.63, 3.8) is 0 Å². The van der Waals surface area contributed by atoms with Crippen LogP contribution in [0, 0.1) is 6.92 Å². The fourth-order valence-corrected chi connectivity index (χ4v) is 2.78. The van der Waals surface area contributed by atoms with Crippen molar-refractivity contribution < 1.29 is 0 Å². The quantitative estimate of drug-likeness (QED) is 0.858. The molecule has 0 bridgehead atoms. The van der Waals surface area contributed by atoms with Gasteiger partial charge in [-0.2, -0.15) is 0 Å². The number of hydrogen-bond acceptors (Lipinski definition) is 3. The van der Waals surface area contributed by atoms with Crippen LogP contribution in [0.25, 0.3) is 10.6 Å². The van der Waals surface area contributed by atoms with E-state index in [-0.39, 0.29) is 0 Å². The van der Waals surface area contributed by atoms with Gasteiger partial charge in [0.25, 0.3) is 0 Å². The summed E-state index contributed by atoms with van der Waals surface area (Å²) in [6, 6.07) is 8.54. The Morgan fingerprint density at radius 3 is 2.94 bits per heavy atom. The molecule has 3 rings (SSSR count). The maximum Gasteiger partial charge on any atom is 0.123 e. The third kappa shape index (κ3) is 1.77. The summed E-state index contributed by atoms with van der Waals surface area (Å²) < 4.78 is 0. The van der Waals surface area contributed by atoms with Crippen molar-refractivity contribution in [1.82, 2.24) is 10.3 Å². The molecular weight excluding hydrogens is 216 g/mol. The van der Waals surface area contributed by atoms with Gasteiger partial charge in [-0.3, -0.25) is 0 Å². The Hall–Kier alpha value is -1.19. The highest BCUT2D eigenvalue weighted by molar-refractivity contribution is 7.13. The lowest BCUT2D eigenvalue weighted by atomic mass is 10.0. The van der Waals surface area contributed by atoms with Gasteiger partial charge in [0.1, 0.15) is 5.01 Å². The summed E-state index contributed by atoms with van der Waals surface area (Å²) in [5, 5.41) is 6.62. The van der Waals surface area contributed by atoms with E-state index in [4.69, 9.17) is 4.98 Å². The van der Waals surface area contributed by atoms with Crippen LogP contribution in [0.1, 0.15) is 17.2 Å². The van der Waals surface area contributed by atoms with Gasteiger partial charge in [0.15, 0.2) is 0 Å². The normalized spacial score (nSPS) is 16.1. The average molecular weight is 230 g/mol. The molecule has 3 heteroatoms. The molecule has 0 aliphatic carbocycles. The number of rotatable bonds is 2. The van der Waals surface area contributed by atoms with Crippen molar-refractivity contribution in [3.05, 3.63) is 40.9 Å². The minimum atomic E-state index is 0.634. The van der Waals surface area contributed by atoms with Crippen LogP contribution >= 0.6 is 11.3 Å². The molecule has 0 amide bonds. The Bertz CT molecular complexity index is 500. The lowest BCUT2D eigenvalue weighted by Gasteiger charge is -2.25. The van der Waals surface area contributed by atoms with E-state index in [0.717, 1.165) is 18.1 Å². The second-order valence-corrected chi connectivity index (χ2v) is 5.16. The zero-order valence-electron chi connectivity index (χ0n) is 9.23. The van der Waals surface area contributed by atoms with E-state index in [1.807, 2.05) is 0 Å². The van der Waals surface area contributed by atoms with Gasteiger partial charge in [-0.1, -0.05) is 23.8 Å². The molecule has 1 aliphatic heterocycles. The van der Waals surface area contributed by atoms with Crippen molar-refractivity contribution in [2.75, 3.05) is 13.1 Å². The minimum Gasteiger partial charge on any atom is -0.315 e. The Morgan fingerprint density at radius 2 is 2.25 bits per heavy atom. The summed E-state index contributed by atoms with van der Waals surface area (Å²) in [6.07, 6.45) is 0. The number of hydrogen-bond donors (Lipinski definition) is 1. The molecule has 0 unspecified atom stereocenters. The second kappa shape index (κ2) is 4.00. The Balaban J connectivity index is 1.91. The molecular formula is C13H14N2S. The molecule has 1 saturated heterocycles. The second-order valence-electron chi connectivity index (χ2n) is 4.30. The number of benzene rings is 1. The minimum absolute atomic E-state index is 0.634. The molecule has 0 radical (unpaired) electrons. The van der Waals surface area contributed by atoms with Gasteiger partial charge in [0.2, 0.25) is 0 Å². The third-order valence-corrected chi connectivity index (χ3v) is 3.90. The monoisotopic (exact) mass is 230 g/mol. The summed E-state index contributed by atoms with van der Waals surface area (Å²) in [4.78, 5) is 4.72. The first-order valence-electron chi connectivity index (χ1n) is 5.56. The highest BCUT2D eigenvalue weighted by atomic mass is 32.1. The highest BCUT2D eigenvalue weighted by Crippen LogP contribution is 2.28. The van der Waals surface area contributed by atoms with E-state index in [2.05, 4.69) is 41.9 Å². The van der Waals surface area contributed by atoms with Gasteiger partial charge >= 0.3 is 0 Å². The van der Waals surface area contributed by atoms with Gasteiger partial charge in [-0.15, -0.1) is 11.3 Å². The number of aryl methyl sites for hydroxylation is 1. The van der Waals surface area contributed by atoms with E-state index in [9.17, 15) is 0 Å². The molecule has 0 saturated carbocycles. The van der Waals surface area contributed by atoms with Crippen molar-refractivity contribution >= 4 is 11.3 Å².